The lowest BCUT2D eigenvalue weighted by molar-refractivity contribution is 0.174. The molecule has 0 amide bonds. The molecule has 3 nitrogen and oxygen atoms in total. The number of aryl methyl sites for hydroxylation is 1. The average Bonchev–Trinajstić information content (AvgIpc) is 2.82. The summed E-state index contributed by atoms with van der Waals surface area (Å²) in [5.74, 6) is -1.77. The zero-order chi connectivity index (χ0) is 13.8. The minimum Gasteiger partial charge on any atom is -0.392 e. The van der Waals surface area contributed by atoms with Crippen molar-refractivity contribution in [1.29, 1.82) is 0 Å². The number of aliphatic hydroxyl groups excluding tert-OH is 1. The maximum Gasteiger partial charge on any atom is 0.162 e. The summed E-state index contributed by atoms with van der Waals surface area (Å²) in [4.78, 5) is 0. The van der Waals surface area contributed by atoms with E-state index in [1.54, 1.807) is 10.9 Å². The number of halogens is 2. The molecule has 0 saturated heterocycles. The molecule has 0 spiro atoms. The Morgan fingerprint density at radius 3 is 2.79 bits per heavy atom. The van der Waals surface area contributed by atoms with Gasteiger partial charge in [-0.05, 0) is 24.1 Å². The molecule has 1 atom stereocenters. The fourth-order valence-corrected chi connectivity index (χ4v) is 1.99. The summed E-state index contributed by atoms with van der Waals surface area (Å²) in [7, 11) is 0. The van der Waals surface area contributed by atoms with Gasteiger partial charge >= 0.3 is 0 Å². The molecule has 0 aliphatic heterocycles. The lowest BCUT2D eigenvalue weighted by Gasteiger charge is -2.10. The lowest BCUT2D eigenvalue weighted by atomic mass is 10.0. The van der Waals surface area contributed by atoms with Gasteiger partial charge in [0.15, 0.2) is 11.6 Å². The van der Waals surface area contributed by atoms with Gasteiger partial charge in [-0.3, -0.25) is 4.68 Å². The summed E-state index contributed by atoms with van der Waals surface area (Å²) >= 11 is 0. The van der Waals surface area contributed by atoms with Crippen LogP contribution in [0.4, 0.5) is 8.78 Å². The molecule has 2 aromatic rings. The maximum atomic E-state index is 13.5. The molecule has 2 rings (SSSR count). The second-order valence-corrected chi connectivity index (χ2v) is 4.48. The van der Waals surface area contributed by atoms with Crippen LogP contribution in [-0.2, 0) is 19.4 Å². The van der Waals surface area contributed by atoms with E-state index < -0.39 is 17.7 Å². The van der Waals surface area contributed by atoms with E-state index in [1.165, 1.54) is 12.1 Å². The van der Waals surface area contributed by atoms with E-state index in [1.807, 2.05) is 13.1 Å². The van der Waals surface area contributed by atoms with E-state index in [-0.39, 0.29) is 12.0 Å². The molecule has 1 unspecified atom stereocenters. The second-order valence-electron chi connectivity index (χ2n) is 4.48. The molecule has 0 aliphatic rings. The Hall–Kier alpha value is -1.75. The van der Waals surface area contributed by atoms with Crippen molar-refractivity contribution in [3.63, 3.8) is 0 Å². The van der Waals surface area contributed by atoms with Gasteiger partial charge in [-0.2, -0.15) is 5.10 Å². The number of benzene rings is 1. The van der Waals surface area contributed by atoms with Crippen LogP contribution in [0.15, 0.2) is 30.6 Å². The third kappa shape index (κ3) is 3.38. The van der Waals surface area contributed by atoms with Crippen LogP contribution in [0.5, 0.6) is 0 Å². The van der Waals surface area contributed by atoms with E-state index in [4.69, 9.17) is 0 Å². The maximum absolute atomic E-state index is 13.5. The number of rotatable bonds is 5. The number of hydrogen-bond acceptors (Lipinski definition) is 2. The van der Waals surface area contributed by atoms with E-state index >= 15 is 0 Å². The number of aliphatic hydroxyl groups is 1. The Labute approximate surface area is 110 Å². The predicted molar refractivity (Wildman–Crippen MR) is 67.7 cm³/mol. The van der Waals surface area contributed by atoms with Gasteiger partial charge in [0.05, 0.1) is 12.3 Å². The van der Waals surface area contributed by atoms with Crippen molar-refractivity contribution >= 4 is 0 Å². The van der Waals surface area contributed by atoms with Crippen LogP contribution < -0.4 is 0 Å². The first kappa shape index (κ1) is 13.7. The molecule has 1 aromatic carbocycles. The molecule has 1 heterocycles. The van der Waals surface area contributed by atoms with Crippen LogP contribution in [-0.4, -0.2) is 21.0 Å². The summed E-state index contributed by atoms with van der Waals surface area (Å²) in [6, 6.07) is 3.99. The minimum atomic E-state index is -0.886. The monoisotopic (exact) mass is 266 g/mol. The first-order chi connectivity index (χ1) is 9.10. The number of nitrogens with zero attached hydrogens (tertiary/aromatic N) is 2. The third-order valence-corrected chi connectivity index (χ3v) is 2.97. The molecule has 0 saturated carbocycles. The highest BCUT2D eigenvalue weighted by Gasteiger charge is 2.13. The zero-order valence-corrected chi connectivity index (χ0v) is 10.7. The molecule has 0 fully saturated rings. The van der Waals surface area contributed by atoms with Crippen LogP contribution in [0.3, 0.4) is 0 Å². The SMILES string of the molecule is CCn1cc(CC(O)Cc2cccc(F)c2F)cn1. The average molecular weight is 266 g/mol. The molecule has 0 bridgehead atoms. The largest absolute Gasteiger partial charge is 0.392 e. The molecule has 1 N–H and O–H groups in total. The standard InChI is InChI=1S/C14H16F2N2O/c1-2-18-9-10(8-17-18)6-12(19)7-11-4-3-5-13(15)14(11)16/h3-5,8-9,12,19H,2,6-7H2,1H3. The van der Waals surface area contributed by atoms with E-state index in [0.717, 1.165) is 18.2 Å². The molecule has 19 heavy (non-hydrogen) atoms. The van der Waals surface area contributed by atoms with Crippen molar-refractivity contribution in [2.24, 2.45) is 0 Å². The topological polar surface area (TPSA) is 38.0 Å². The van der Waals surface area contributed by atoms with Gasteiger partial charge in [0.25, 0.3) is 0 Å². The van der Waals surface area contributed by atoms with Gasteiger partial charge in [-0.1, -0.05) is 12.1 Å². The quantitative estimate of drug-likeness (QED) is 0.902. The van der Waals surface area contributed by atoms with Gasteiger partial charge < -0.3 is 5.11 Å². The van der Waals surface area contributed by atoms with Gasteiger partial charge in [-0.15, -0.1) is 0 Å². The smallest absolute Gasteiger partial charge is 0.162 e. The molecule has 0 aliphatic carbocycles. The van der Waals surface area contributed by atoms with E-state index in [9.17, 15) is 13.9 Å². The van der Waals surface area contributed by atoms with Crippen LogP contribution >= 0.6 is 0 Å². The van der Waals surface area contributed by atoms with Gasteiger partial charge in [0, 0.05) is 25.6 Å². The Morgan fingerprint density at radius 2 is 2.11 bits per heavy atom. The number of hydrogen-bond donors (Lipinski definition) is 1. The summed E-state index contributed by atoms with van der Waals surface area (Å²) in [5.41, 5.74) is 1.07. The van der Waals surface area contributed by atoms with Crippen LogP contribution in [0.1, 0.15) is 18.1 Å². The summed E-state index contributed by atoms with van der Waals surface area (Å²) in [5, 5.41) is 14.0. The lowest BCUT2D eigenvalue weighted by Crippen LogP contribution is -2.15. The van der Waals surface area contributed by atoms with Crippen molar-refractivity contribution in [3.05, 3.63) is 53.4 Å². The molecule has 102 valence electrons. The van der Waals surface area contributed by atoms with Crippen molar-refractivity contribution < 1.29 is 13.9 Å². The van der Waals surface area contributed by atoms with Crippen LogP contribution in [0, 0.1) is 11.6 Å². The van der Waals surface area contributed by atoms with Crippen molar-refractivity contribution in [2.45, 2.75) is 32.4 Å². The highest BCUT2D eigenvalue weighted by Crippen LogP contribution is 2.15. The first-order valence-electron chi connectivity index (χ1n) is 6.22. The summed E-state index contributed by atoms with van der Waals surface area (Å²) in [6.45, 7) is 2.73. The van der Waals surface area contributed by atoms with E-state index in [0.29, 0.717) is 6.42 Å². The second kappa shape index (κ2) is 5.93. The summed E-state index contributed by atoms with van der Waals surface area (Å²) in [6.07, 6.45) is 3.21. The summed E-state index contributed by atoms with van der Waals surface area (Å²) < 4.78 is 28.2. The zero-order valence-electron chi connectivity index (χ0n) is 10.7. The normalized spacial score (nSPS) is 12.6. The Kier molecular flexibility index (Phi) is 4.27. The van der Waals surface area contributed by atoms with Crippen molar-refractivity contribution in [1.82, 2.24) is 9.78 Å². The van der Waals surface area contributed by atoms with Gasteiger partial charge in [-0.25, -0.2) is 8.78 Å². The van der Waals surface area contributed by atoms with Gasteiger partial charge in [0.2, 0.25) is 0 Å². The highest BCUT2D eigenvalue weighted by atomic mass is 19.2. The fourth-order valence-electron chi connectivity index (χ4n) is 1.99. The molecule has 0 radical (unpaired) electrons. The molecular weight excluding hydrogens is 250 g/mol. The highest BCUT2D eigenvalue weighted by molar-refractivity contribution is 5.20. The van der Waals surface area contributed by atoms with E-state index in [2.05, 4.69) is 5.10 Å². The Morgan fingerprint density at radius 1 is 1.32 bits per heavy atom. The Balaban J connectivity index is 2.01. The number of aromatic nitrogens is 2. The molecule has 1 aromatic heterocycles. The molecule has 5 heteroatoms. The van der Waals surface area contributed by atoms with Crippen LogP contribution in [0.25, 0.3) is 0 Å². The predicted octanol–water partition coefficient (Wildman–Crippen LogP) is 2.33. The fraction of sp³-hybridized carbons (Fsp3) is 0.357. The Bertz CT molecular complexity index is 554. The van der Waals surface area contributed by atoms with Crippen LogP contribution in [0.2, 0.25) is 0 Å². The third-order valence-electron chi connectivity index (χ3n) is 2.97. The van der Waals surface area contributed by atoms with Crippen molar-refractivity contribution in [3.8, 4) is 0 Å². The van der Waals surface area contributed by atoms with Gasteiger partial charge in [0.1, 0.15) is 0 Å². The minimum absolute atomic E-state index is 0.0842. The van der Waals surface area contributed by atoms with Crippen molar-refractivity contribution in [2.75, 3.05) is 0 Å². The first-order valence-corrected chi connectivity index (χ1v) is 6.22. The molecular formula is C14H16F2N2O.